The fourth-order valence-electron chi connectivity index (χ4n) is 2.12. The standard InChI is InChI=1S/C17H20N4O3/c22-16(4-2-1-3-5-17(23)24)20-19-12-14-6-8-15(9-7-14)21-11-10-18-13-21/h6-13H,1-5H2,(H,20,22)(H,23,24)/b19-12+. The summed E-state index contributed by atoms with van der Waals surface area (Å²) in [5.41, 5.74) is 4.34. The smallest absolute Gasteiger partial charge is 0.303 e. The molecule has 0 aliphatic carbocycles. The lowest BCUT2D eigenvalue weighted by molar-refractivity contribution is -0.137. The van der Waals surface area contributed by atoms with Crippen LogP contribution in [0.25, 0.3) is 5.69 Å². The van der Waals surface area contributed by atoms with Crippen molar-refractivity contribution in [3.63, 3.8) is 0 Å². The summed E-state index contributed by atoms with van der Waals surface area (Å²) >= 11 is 0. The van der Waals surface area contributed by atoms with E-state index in [9.17, 15) is 9.59 Å². The Morgan fingerprint density at radius 2 is 1.92 bits per heavy atom. The molecule has 1 aromatic carbocycles. The number of aliphatic carboxylic acids is 1. The zero-order valence-electron chi connectivity index (χ0n) is 13.3. The van der Waals surface area contributed by atoms with E-state index in [2.05, 4.69) is 15.5 Å². The molecule has 0 atom stereocenters. The van der Waals surface area contributed by atoms with Crippen LogP contribution in [0.4, 0.5) is 0 Å². The molecule has 2 rings (SSSR count). The number of nitrogens with zero attached hydrogens (tertiary/aromatic N) is 3. The molecule has 0 radical (unpaired) electrons. The minimum Gasteiger partial charge on any atom is -0.481 e. The zero-order chi connectivity index (χ0) is 17.2. The summed E-state index contributed by atoms with van der Waals surface area (Å²) in [6, 6.07) is 7.67. The quantitative estimate of drug-likeness (QED) is 0.419. The molecule has 7 heteroatoms. The van der Waals surface area contributed by atoms with Crippen LogP contribution in [0, 0.1) is 0 Å². The van der Waals surface area contributed by atoms with E-state index in [-0.39, 0.29) is 12.3 Å². The second-order valence-electron chi connectivity index (χ2n) is 5.31. The first-order valence-electron chi connectivity index (χ1n) is 7.77. The average molecular weight is 328 g/mol. The molecular weight excluding hydrogens is 308 g/mol. The van der Waals surface area contributed by atoms with E-state index in [0.717, 1.165) is 17.7 Å². The molecule has 126 valence electrons. The van der Waals surface area contributed by atoms with Crippen molar-refractivity contribution in [1.29, 1.82) is 0 Å². The second-order valence-corrected chi connectivity index (χ2v) is 5.31. The molecule has 0 spiro atoms. The van der Waals surface area contributed by atoms with Gasteiger partial charge in [-0.1, -0.05) is 18.6 Å². The Balaban J connectivity index is 1.69. The van der Waals surface area contributed by atoms with Crippen LogP contribution in [0.15, 0.2) is 48.1 Å². The third-order valence-corrected chi connectivity index (χ3v) is 3.39. The summed E-state index contributed by atoms with van der Waals surface area (Å²) in [6.45, 7) is 0. The highest BCUT2D eigenvalue weighted by molar-refractivity contribution is 5.82. The van der Waals surface area contributed by atoms with Gasteiger partial charge in [-0.2, -0.15) is 5.10 Å². The molecule has 0 saturated carbocycles. The van der Waals surface area contributed by atoms with Gasteiger partial charge in [-0.3, -0.25) is 9.59 Å². The van der Waals surface area contributed by atoms with Crippen LogP contribution in [-0.4, -0.2) is 32.7 Å². The Hall–Kier alpha value is -2.96. The molecule has 24 heavy (non-hydrogen) atoms. The van der Waals surface area contributed by atoms with E-state index < -0.39 is 5.97 Å². The largest absolute Gasteiger partial charge is 0.481 e. The van der Waals surface area contributed by atoms with Crippen LogP contribution in [0.2, 0.25) is 0 Å². The summed E-state index contributed by atoms with van der Waals surface area (Å²) in [5.74, 6) is -0.972. The third-order valence-electron chi connectivity index (χ3n) is 3.39. The number of imidazole rings is 1. The maximum atomic E-state index is 11.6. The van der Waals surface area contributed by atoms with E-state index in [1.807, 2.05) is 35.0 Å². The number of nitrogens with one attached hydrogen (secondary N) is 1. The van der Waals surface area contributed by atoms with E-state index in [0.29, 0.717) is 19.3 Å². The molecule has 0 aliphatic heterocycles. The van der Waals surface area contributed by atoms with Crippen LogP contribution >= 0.6 is 0 Å². The number of carboxylic acids is 1. The molecule has 0 unspecified atom stereocenters. The predicted octanol–water partition coefficient (Wildman–Crippen LogP) is 2.36. The van der Waals surface area contributed by atoms with Crippen molar-refractivity contribution in [2.75, 3.05) is 0 Å². The lowest BCUT2D eigenvalue weighted by atomic mass is 10.1. The molecule has 0 aliphatic rings. The van der Waals surface area contributed by atoms with Crippen molar-refractivity contribution >= 4 is 18.1 Å². The van der Waals surface area contributed by atoms with E-state index in [1.165, 1.54) is 0 Å². The number of hydrogen-bond donors (Lipinski definition) is 2. The first-order valence-corrected chi connectivity index (χ1v) is 7.77. The lowest BCUT2D eigenvalue weighted by Gasteiger charge is -2.02. The Kier molecular flexibility index (Phi) is 6.70. The van der Waals surface area contributed by atoms with Gasteiger partial charge in [0.1, 0.15) is 0 Å². The van der Waals surface area contributed by atoms with Crippen LogP contribution in [-0.2, 0) is 9.59 Å². The van der Waals surface area contributed by atoms with Crippen molar-refractivity contribution in [2.24, 2.45) is 5.10 Å². The van der Waals surface area contributed by atoms with E-state index in [1.54, 1.807) is 18.7 Å². The highest BCUT2D eigenvalue weighted by Gasteiger charge is 2.01. The number of aromatic nitrogens is 2. The molecule has 0 bridgehead atoms. The van der Waals surface area contributed by atoms with Crippen molar-refractivity contribution < 1.29 is 14.7 Å². The van der Waals surface area contributed by atoms with Crippen molar-refractivity contribution in [2.45, 2.75) is 32.1 Å². The molecular formula is C17H20N4O3. The van der Waals surface area contributed by atoms with Gasteiger partial charge >= 0.3 is 5.97 Å². The first kappa shape index (κ1) is 17.4. The number of benzene rings is 1. The molecule has 7 nitrogen and oxygen atoms in total. The summed E-state index contributed by atoms with van der Waals surface area (Å²) in [5, 5.41) is 12.4. The van der Waals surface area contributed by atoms with Gasteiger partial charge in [-0.15, -0.1) is 0 Å². The maximum absolute atomic E-state index is 11.6. The highest BCUT2D eigenvalue weighted by Crippen LogP contribution is 2.08. The van der Waals surface area contributed by atoms with Crippen LogP contribution in [0.1, 0.15) is 37.7 Å². The number of carbonyl (C=O) groups is 2. The van der Waals surface area contributed by atoms with Crippen LogP contribution < -0.4 is 5.43 Å². The molecule has 1 amide bonds. The minimum atomic E-state index is -0.803. The molecule has 0 saturated heterocycles. The third kappa shape index (κ3) is 6.04. The van der Waals surface area contributed by atoms with Gasteiger partial charge in [0.15, 0.2) is 0 Å². The lowest BCUT2D eigenvalue weighted by Crippen LogP contribution is -2.16. The average Bonchev–Trinajstić information content (AvgIpc) is 3.09. The summed E-state index contributed by atoms with van der Waals surface area (Å²) in [4.78, 5) is 25.9. The fourth-order valence-corrected chi connectivity index (χ4v) is 2.12. The van der Waals surface area contributed by atoms with Gasteiger partial charge in [0.2, 0.25) is 5.91 Å². The fraction of sp³-hybridized carbons (Fsp3) is 0.294. The van der Waals surface area contributed by atoms with Gasteiger partial charge in [0.25, 0.3) is 0 Å². The van der Waals surface area contributed by atoms with Gasteiger partial charge in [0.05, 0.1) is 12.5 Å². The first-order chi connectivity index (χ1) is 11.6. The van der Waals surface area contributed by atoms with Gasteiger partial charge < -0.3 is 9.67 Å². The number of unbranched alkanes of at least 4 members (excludes halogenated alkanes) is 2. The van der Waals surface area contributed by atoms with E-state index in [4.69, 9.17) is 5.11 Å². The monoisotopic (exact) mass is 328 g/mol. The highest BCUT2D eigenvalue weighted by atomic mass is 16.4. The summed E-state index contributed by atoms with van der Waals surface area (Å²) in [7, 11) is 0. The number of carboxylic acid groups (broad SMARTS) is 1. The maximum Gasteiger partial charge on any atom is 0.303 e. The number of amides is 1. The predicted molar refractivity (Wildman–Crippen MR) is 90.0 cm³/mol. The summed E-state index contributed by atoms with van der Waals surface area (Å²) < 4.78 is 1.90. The van der Waals surface area contributed by atoms with Crippen LogP contribution in [0.3, 0.4) is 0 Å². The number of hydrogen-bond acceptors (Lipinski definition) is 4. The molecule has 1 aromatic heterocycles. The normalized spacial score (nSPS) is 10.8. The number of carbonyl (C=O) groups excluding carboxylic acids is 1. The molecule has 0 fully saturated rings. The van der Waals surface area contributed by atoms with Gasteiger partial charge in [-0.05, 0) is 30.5 Å². The molecule has 2 aromatic rings. The van der Waals surface area contributed by atoms with Crippen molar-refractivity contribution in [1.82, 2.24) is 15.0 Å². The zero-order valence-corrected chi connectivity index (χ0v) is 13.3. The Bertz CT molecular complexity index is 678. The Labute approximate surface area is 140 Å². The van der Waals surface area contributed by atoms with Crippen LogP contribution in [0.5, 0.6) is 0 Å². The SMILES string of the molecule is O=C(O)CCCCCC(=O)N/N=C/c1ccc(-n2ccnc2)cc1. The van der Waals surface area contributed by atoms with E-state index >= 15 is 0 Å². The van der Waals surface area contributed by atoms with Crippen molar-refractivity contribution in [3.8, 4) is 5.69 Å². The second kappa shape index (κ2) is 9.24. The van der Waals surface area contributed by atoms with Gasteiger partial charge in [0, 0.05) is 30.9 Å². The number of rotatable bonds is 9. The molecule has 2 N–H and O–H groups in total. The minimum absolute atomic E-state index is 0.148. The number of hydrazone groups is 1. The van der Waals surface area contributed by atoms with Gasteiger partial charge in [-0.25, -0.2) is 10.4 Å². The van der Waals surface area contributed by atoms with Crippen molar-refractivity contribution in [3.05, 3.63) is 48.5 Å². The topological polar surface area (TPSA) is 96.6 Å². The Morgan fingerprint density at radius 1 is 1.17 bits per heavy atom. The molecule has 1 heterocycles. The Morgan fingerprint density at radius 3 is 2.58 bits per heavy atom. The summed E-state index contributed by atoms with van der Waals surface area (Å²) in [6.07, 6.45) is 9.35.